The van der Waals surface area contributed by atoms with Crippen LogP contribution in [0, 0.1) is 20.8 Å². The smallest absolute Gasteiger partial charge is 0.226 e. The molecule has 0 aliphatic heterocycles. The van der Waals surface area contributed by atoms with E-state index in [-0.39, 0.29) is 11.9 Å². The van der Waals surface area contributed by atoms with Gasteiger partial charge in [0, 0.05) is 18.1 Å². The zero-order chi connectivity index (χ0) is 17.8. The molecular formula is C22H24N2O. The summed E-state index contributed by atoms with van der Waals surface area (Å²) in [5.74, 6) is 0.0221. The van der Waals surface area contributed by atoms with E-state index in [1.165, 1.54) is 11.1 Å². The van der Waals surface area contributed by atoms with Crippen LogP contribution in [0.1, 0.15) is 34.7 Å². The predicted molar refractivity (Wildman–Crippen MR) is 103 cm³/mol. The van der Waals surface area contributed by atoms with Crippen molar-refractivity contribution in [2.24, 2.45) is 0 Å². The summed E-state index contributed by atoms with van der Waals surface area (Å²) in [5.41, 5.74) is 5.53. The third-order valence-corrected chi connectivity index (χ3v) is 4.67. The summed E-state index contributed by atoms with van der Waals surface area (Å²) in [7, 11) is 0. The van der Waals surface area contributed by atoms with Crippen molar-refractivity contribution < 1.29 is 4.79 Å². The molecule has 0 radical (unpaired) electrons. The number of benzene rings is 2. The molecule has 1 amide bonds. The Morgan fingerprint density at radius 1 is 1.00 bits per heavy atom. The minimum absolute atomic E-state index is 0.0139. The molecule has 0 aliphatic rings. The van der Waals surface area contributed by atoms with Gasteiger partial charge >= 0.3 is 0 Å². The van der Waals surface area contributed by atoms with Crippen LogP contribution in [0.5, 0.6) is 0 Å². The van der Waals surface area contributed by atoms with Gasteiger partial charge in [-0.3, -0.25) is 4.79 Å². The van der Waals surface area contributed by atoms with Crippen molar-refractivity contribution in [3.8, 4) is 0 Å². The molecule has 128 valence electrons. The maximum Gasteiger partial charge on any atom is 0.226 e. The number of aromatic nitrogens is 1. The molecule has 1 N–H and O–H groups in total. The van der Waals surface area contributed by atoms with Crippen LogP contribution in [0.3, 0.4) is 0 Å². The van der Waals surface area contributed by atoms with E-state index in [1.807, 2.05) is 49.6 Å². The fourth-order valence-electron chi connectivity index (χ4n) is 3.09. The Hall–Kier alpha value is -2.81. The van der Waals surface area contributed by atoms with Crippen molar-refractivity contribution in [2.75, 3.05) is 5.32 Å². The highest BCUT2D eigenvalue weighted by Crippen LogP contribution is 2.25. The van der Waals surface area contributed by atoms with Gasteiger partial charge in [0.05, 0.1) is 12.5 Å². The first-order valence-corrected chi connectivity index (χ1v) is 8.59. The number of carbonyl (C=O) groups excluding carboxylic acids is 1. The molecule has 0 fully saturated rings. The predicted octanol–water partition coefficient (Wildman–Crippen LogP) is 5.03. The fraction of sp³-hybridized carbons (Fsp3) is 0.227. The molecule has 3 rings (SSSR count). The fourth-order valence-corrected chi connectivity index (χ4v) is 3.09. The van der Waals surface area contributed by atoms with Crippen LogP contribution >= 0.6 is 0 Å². The second kappa shape index (κ2) is 7.39. The first kappa shape index (κ1) is 17.0. The van der Waals surface area contributed by atoms with E-state index in [2.05, 4.69) is 48.0 Å². The molecule has 0 bridgehead atoms. The van der Waals surface area contributed by atoms with Crippen molar-refractivity contribution in [1.82, 2.24) is 4.57 Å². The van der Waals surface area contributed by atoms with E-state index >= 15 is 0 Å². The summed E-state index contributed by atoms with van der Waals surface area (Å²) in [4.78, 5) is 12.7. The number of nitrogens with one attached hydrogen (secondary N) is 1. The molecule has 1 atom stereocenters. The van der Waals surface area contributed by atoms with Crippen molar-refractivity contribution in [1.29, 1.82) is 0 Å². The van der Waals surface area contributed by atoms with E-state index in [4.69, 9.17) is 0 Å². The molecule has 0 saturated carbocycles. The van der Waals surface area contributed by atoms with Gasteiger partial charge in [-0.05, 0) is 55.7 Å². The monoisotopic (exact) mass is 332 g/mol. The summed E-state index contributed by atoms with van der Waals surface area (Å²) >= 11 is 0. The third-order valence-electron chi connectivity index (χ3n) is 4.67. The Morgan fingerprint density at radius 3 is 2.44 bits per heavy atom. The maximum atomic E-state index is 12.7. The Balaban J connectivity index is 1.83. The molecule has 3 heteroatoms. The number of hydrogen-bond donors (Lipinski definition) is 1. The van der Waals surface area contributed by atoms with Crippen LogP contribution in [0.25, 0.3) is 0 Å². The average Bonchev–Trinajstić information content (AvgIpc) is 3.11. The van der Waals surface area contributed by atoms with Crippen molar-refractivity contribution >= 4 is 11.6 Å². The van der Waals surface area contributed by atoms with Crippen molar-refractivity contribution in [2.45, 2.75) is 33.2 Å². The molecule has 1 aromatic heterocycles. The zero-order valence-electron chi connectivity index (χ0n) is 15.0. The minimum Gasteiger partial charge on any atom is -0.346 e. The highest BCUT2D eigenvalue weighted by Gasteiger charge is 2.18. The summed E-state index contributed by atoms with van der Waals surface area (Å²) in [6.07, 6.45) is 4.42. The molecule has 0 unspecified atom stereocenters. The number of anilines is 1. The lowest BCUT2D eigenvalue weighted by Gasteiger charge is -2.20. The first-order chi connectivity index (χ1) is 12.0. The molecule has 3 aromatic rings. The van der Waals surface area contributed by atoms with Crippen LogP contribution in [0.15, 0.2) is 67.0 Å². The van der Waals surface area contributed by atoms with E-state index < -0.39 is 0 Å². The number of hydrogen-bond acceptors (Lipinski definition) is 1. The molecule has 0 spiro atoms. The first-order valence-electron chi connectivity index (χ1n) is 8.59. The second-order valence-corrected chi connectivity index (χ2v) is 6.56. The highest BCUT2D eigenvalue weighted by atomic mass is 16.1. The average molecular weight is 332 g/mol. The van der Waals surface area contributed by atoms with Gasteiger partial charge in [0.1, 0.15) is 0 Å². The van der Waals surface area contributed by atoms with Gasteiger partial charge in [-0.1, -0.05) is 42.0 Å². The summed E-state index contributed by atoms with van der Waals surface area (Å²) < 4.78 is 2.09. The van der Waals surface area contributed by atoms with Gasteiger partial charge in [0.2, 0.25) is 5.91 Å². The standard InChI is InChI=1S/C22H24N2O/c1-16-8-6-10-19(14-16)21(24-12-4-5-13-24)15-22(25)23-20-11-7-9-17(2)18(20)3/h4-14,21H,15H2,1-3H3,(H,23,25)/t21-/m1/s1. The Bertz CT molecular complexity index is 865. The summed E-state index contributed by atoms with van der Waals surface area (Å²) in [5, 5.41) is 3.08. The molecule has 1 heterocycles. The third kappa shape index (κ3) is 4.00. The van der Waals surface area contributed by atoms with E-state index in [0.717, 1.165) is 16.8 Å². The maximum absolute atomic E-state index is 12.7. The Morgan fingerprint density at radius 2 is 1.72 bits per heavy atom. The van der Waals surface area contributed by atoms with Crippen LogP contribution in [-0.4, -0.2) is 10.5 Å². The summed E-state index contributed by atoms with van der Waals surface area (Å²) in [6.45, 7) is 6.17. The van der Waals surface area contributed by atoms with Crippen molar-refractivity contribution in [3.05, 3.63) is 89.2 Å². The van der Waals surface area contributed by atoms with Gasteiger partial charge in [-0.2, -0.15) is 0 Å². The van der Waals surface area contributed by atoms with Gasteiger partial charge in [0.15, 0.2) is 0 Å². The molecule has 0 aliphatic carbocycles. The molecule has 0 saturated heterocycles. The van der Waals surface area contributed by atoms with E-state index in [0.29, 0.717) is 6.42 Å². The SMILES string of the molecule is Cc1cccc([C@@H](CC(=O)Nc2cccc(C)c2C)n2cccc2)c1. The van der Waals surface area contributed by atoms with Gasteiger partial charge < -0.3 is 9.88 Å². The Kier molecular flexibility index (Phi) is 5.03. The molecule has 3 nitrogen and oxygen atoms in total. The Labute approximate surface area is 149 Å². The van der Waals surface area contributed by atoms with Crippen LogP contribution in [0.4, 0.5) is 5.69 Å². The van der Waals surface area contributed by atoms with Crippen molar-refractivity contribution in [3.63, 3.8) is 0 Å². The number of rotatable bonds is 5. The van der Waals surface area contributed by atoms with Gasteiger partial charge in [-0.15, -0.1) is 0 Å². The molecule has 25 heavy (non-hydrogen) atoms. The number of aryl methyl sites for hydroxylation is 2. The lowest BCUT2D eigenvalue weighted by Crippen LogP contribution is -2.20. The molecular weight excluding hydrogens is 308 g/mol. The lowest BCUT2D eigenvalue weighted by atomic mass is 10.0. The second-order valence-electron chi connectivity index (χ2n) is 6.56. The van der Waals surface area contributed by atoms with E-state index in [1.54, 1.807) is 0 Å². The van der Waals surface area contributed by atoms with Crippen LogP contribution in [0.2, 0.25) is 0 Å². The normalized spacial score (nSPS) is 12.0. The molecule has 2 aromatic carbocycles. The topological polar surface area (TPSA) is 34.0 Å². The van der Waals surface area contributed by atoms with Gasteiger partial charge in [0.25, 0.3) is 0 Å². The van der Waals surface area contributed by atoms with Crippen LogP contribution in [-0.2, 0) is 4.79 Å². The number of amides is 1. The van der Waals surface area contributed by atoms with Gasteiger partial charge in [-0.25, -0.2) is 0 Å². The largest absolute Gasteiger partial charge is 0.346 e. The quantitative estimate of drug-likeness (QED) is 0.698. The summed E-state index contributed by atoms with van der Waals surface area (Å²) in [6, 6.07) is 18.3. The highest BCUT2D eigenvalue weighted by molar-refractivity contribution is 5.92. The number of carbonyl (C=O) groups is 1. The minimum atomic E-state index is -0.0139. The zero-order valence-corrected chi connectivity index (χ0v) is 15.0. The van der Waals surface area contributed by atoms with E-state index in [9.17, 15) is 4.79 Å². The lowest BCUT2D eigenvalue weighted by molar-refractivity contribution is -0.116. The van der Waals surface area contributed by atoms with Crippen LogP contribution < -0.4 is 5.32 Å². The number of nitrogens with zero attached hydrogens (tertiary/aromatic N) is 1.